The van der Waals surface area contributed by atoms with Crippen LogP contribution in [-0.2, 0) is 4.87 Å². The van der Waals surface area contributed by atoms with Gasteiger partial charge >= 0.3 is 0 Å². The lowest BCUT2D eigenvalue weighted by Crippen LogP contribution is -2.24. The van der Waals surface area contributed by atoms with Gasteiger partial charge in [0.2, 0.25) is 0 Å². The third-order valence-corrected chi connectivity index (χ3v) is 14.8. The molecule has 0 amide bonds. The van der Waals surface area contributed by atoms with E-state index in [1.807, 2.05) is 0 Å². The van der Waals surface area contributed by atoms with Crippen LogP contribution in [0.4, 0.5) is 17.1 Å². The van der Waals surface area contributed by atoms with Gasteiger partial charge in [-0.25, -0.2) is 0 Å². The van der Waals surface area contributed by atoms with Crippen molar-refractivity contribution in [2.24, 2.45) is 15.3 Å². The van der Waals surface area contributed by atoms with Crippen LogP contribution in [0, 0.1) is 0 Å². The SMILES string of the molecule is ClC(c1ccc(N2N=C(c3ccccc3)CC2c2ccccc2)cc1)(c1ccc(N2N=C(c3ccccc3)CC2c2ccccc2)cc1)c1ccc(N2N=C(c3ccccc3)CC2c2ccccc2)cc1. The zero-order valence-corrected chi connectivity index (χ0v) is 39.9. The van der Waals surface area contributed by atoms with Gasteiger partial charge < -0.3 is 0 Å². The van der Waals surface area contributed by atoms with Gasteiger partial charge in [-0.3, -0.25) is 15.0 Å². The largest absolute Gasteiger partial charge is 0.257 e. The average Bonchev–Trinajstić information content (AvgIpc) is 4.24. The van der Waals surface area contributed by atoms with Crippen molar-refractivity contribution in [1.82, 2.24) is 0 Å². The molecule has 0 fully saturated rings. The Bertz CT molecular complexity index is 2970. The van der Waals surface area contributed by atoms with Crippen molar-refractivity contribution in [2.75, 3.05) is 15.0 Å². The molecular formula is C64H51ClN6. The monoisotopic (exact) mass is 938 g/mol. The van der Waals surface area contributed by atoms with Gasteiger partial charge in [0.05, 0.1) is 52.3 Å². The Labute approximate surface area is 421 Å². The Balaban J connectivity index is 0.934. The molecule has 0 saturated carbocycles. The van der Waals surface area contributed by atoms with Gasteiger partial charge in [0, 0.05) is 19.3 Å². The Morgan fingerprint density at radius 3 is 0.761 bits per heavy atom. The van der Waals surface area contributed by atoms with Crippen molar-refractivity contribution < 1.29 is 0 Å². The second kappa shape index (κ2) is 19.2. The molecule has 3 aliphatic heterocycles. The number of benzene rings is 9. The normalized spacial score (nSPS) is 18.5. The molecule has 0 aromatic heterocycles. The van der Waals surface area contributed by atoms with Crippen LogP contribution in [0.25, 0.3) is 0 Å². The Hall–Kier alpha value is -8.32. The second-order valence-electron chi connectivity index (χ2n) is 18.5. The molecule has 0 aliphatic carbocycles. The van der Waals surface area contributed by atoms with E-state index in [4.69, 9.17) is 26.9 Å². The van der Waals surface area contributed by atoms with Gasteiger partial charge in [0.15, 0.2) is 0 Å². The zero-order chi connectivity index (χ0) is 47.6. The van der Waals surface area contributed by atoms with Crippen molar-refractivity contribution in [3.63, 3.8) is 0 Å². The quantitative estimate of drug-likeness (QED) is 0.0906. The third-order valence-electron chi connectivity index (χ3n) is 14.2. The Morgan fingerprint density at radius 1 is 0.296 bits per heavy atom. The number of nitrogens with zero attached hydrogens (tertiary/aromatic N) is 6. The molecule has 3 unspecified atom stereocenters. The summed E-state index contributed by atoms with van der Waals surface area (Å²) >= 11 is 8.31. The predicted molar refractivity (Wildman–Crippen MR) is 293 cm³/mol. The fraction of sp³-hybridized carbons (Fsp3) is 0.109. The molecule has 6 nitrogen and oxygen atoms in total. The summed E-state index contributed by atoms with van der Waals surface area (Å²) in [6, 6.07) is 89.7. The van der Waals surface area contributed by atoms with Gasteiger partial charge in [0.1, 0.15) is 4.87 Å². The molecule has 3 atom stereocenters. The van der Waals surface area contributed by atoms with Crippen LogP contribution in [0.3, 0.4) is 0 Å². The first-order valence-electron chi connectivity index (χ1n) is 24.5. The van der Waals surface area contributed by atoms with Crippen LogP contribution < -0.4 is 15.0 Å². The molecule has 3 aliphatic rings. The molecule has 12 rings (SSSR count). The minimum Gasteiger partial charge on any atom is -0.257 e. The highest BCUT2D eigenvalue weighted by Crippen LogP contribution is 2.47. The summed E-state index contributed by atoms with van der Waals surface area (Å²) in [4.78, 5) is -1.07. The summed E-state index contributed by atoms with van der Waals surface area (Å²) in [6.07, 6.45) is 2.39. The lowest BCUT2D eigenvalue weighted by molar-refractivity contribution is 0.707. The van der Waals surface area contributed by atoms with Gasteiger partial charge in [0.25, 0.3) is 0 Å². The molecule has 3 heterocycles. The number of alkyl halides is 1. The van der Waals surface area contributed by atoms with E-state index < -0.39 is 4.87 Å². The molecule has 0 spiro atoms. The predicted octanol–water partition coefficient (Wildman–Crippen LogP) is 15.3. The second-order valence-corrected chi connectivity index (χ2v) is 19.0. The lowest BCUT2D eigenvalue weighted by atomic mass is 9.83. The number of hydrogen-bond acceptors (Lipinski definition) is 6. The van der Waals surface area contributed by atoms with Crippen molar-refractivity contribution >= 4 is 45.8 Å². The standard InChI is InChI=1S/C64H51ClN6/c65-64(52-31-37-55(38-32-52)69-61(49-25-13-4-14-26-49)43-58(66-69)46-19-7-1-8-20-46,53-33-39-56(40-34-53)70-62(50-27-15-5-16-28-50)44-59(67-70)47-21-9-2-10-22-47)54-35-41-57(42-36-54)71-63(51-29-17-6-18-30-51)45-60(68-71)48-23-11-3-12-24-48/h1-42,61-63H,43-45H2. The van der Waals surface area contributed by atoms with E-state index in [1.165, 1.54) is 16.7 Å². The lowest BCUT2D eigenvalue weighted by Gasteiger charge is -2.32. The van der Waals surface area contributed by atoms with Gasteiger partial charge in [-0.1, -0.05) is 218 Å². The number of anilines is 3. The zero-order valence-electron chi connectivity index (χ0n) is 39.2. The maximum Gasteiger partial charge on any atom is 0.119 e. The summed E-state index contributed by atoms with van der Waals surface area (Å²) in [5.41, 5.74) is 16.1. The molecule has 0 saturated heterocycles. The molecule has 71 heavy (non-hydrogen) atoms. The summed E-state index contributed by atoms with van der Waals surface area (Å²) < 4.78 is 0. The molecular weight excluding hydrogens is 888 g/mol. The fourth-order valence-electron chi connectivity index (χ4n) is 10.5. The molecule has 0 bridgehead atoms. The van der Waals surface area contributed by atoms with E-state index in [0.717, 1.165) is 86.8 Å². The van der Waals surface area contributed by atoms with E-state index in [9.17, 15) is 0 Å². The van der Waals surface area contributed by atoms with E-state index in [1.54, 1.807) is 0 Å². The van der Waals surface area contributed by atoms with E-state index >= 15 is 0 Å². The summed E-state index contributed by atoms with van der Waals surface area (Å²) in [5, 5.41) is 22.4. The highest BCUT2D eigenvalue weighted by atomic mass is 35.5. The van der Waals surface area contributed by atoms with Crippen molar-refractivity contribution in [3.05, 3.63) is 305 Å². The number of hydrazone groups is 3. The maximum absolute atomic E-state index is 8.31. The molecule has 0 N–H and O–H groups in total. The summed E-state index contributed by atoms with van der Waals surface area (Å²) in [5.74, 6) is 0. The third kappa shape index (κ3) is 8.62. The van der Waals surface area contributed by atoms with Crippen molar-refractivity contribution in [1.29, 1.82) is 0 Å². The Kier molecular flexibility index (Phi) is 11.9. The van der Waals surface area contributed by atoms with E-state index in [0.29, 0.717) is 0 Å². The molecule has 7 heteroatoms. The first-order chi connectivity index (χ1) is 35.1. The van der Waals surface area contributed by atoms with E-state index in [2.05, 4.69) is 270 Å². The topological polar surface area (TPSA) is 46.8 Å². The summed E-state index contributed by atoms with van der Waals surface area (Å²) in [6.45, 7) is 0. The van der Waals surface area contributed by atoms with Gasteiger partial charge in [-0.2, -0.15) is 15.3 Å². The van der Waals surface area contributed by atoms with Crippen LogP contribution in [0.1, 0.15) is 87.5 Å². The van der Waals surface area contributed by atoms with Crippen LogP contribution in [0.5, 0.6) is 0 Å². The van der Waals surface area contributed by atoms with Crippen LogP contribution in [0.2, 0.25) is 0 Å². The minimum absolute atomic E-state index is 0.0452. The molecule has 344 valence electrons. The maximum atomic E-state index is 8.31. The molecule has 9 aromatic carbocycles. The first-order valence-corrected chi connectivity index (χ1v) is 24.9. The van der Waals surface area contributed by atoms with Gasteiger partial charge in [-0.05, 0) is 86.5 Å². The number of rotatable bonds is 12. The Morgan fingerprint density at radius 2 is 0.521 bits per heavy atom. The van der Waals surface area contributed by atoms with Crippen LogP contribution >= 0.6 is 11.6 Å². The number of hydrogen-bond donors (Lipinski definition) is 0. The van der Waals surface area contributed by atoms with E-state index in [-0.39, 0.29) is 18.1 Å². The first kappa shape index (κ1) is 43.9. The number of halogens is 1. The highest BCUT2D eigenvalue weighted by Gasteiger charge is 2.38. The highest BCUT2D eigenvalue weighted by molar-refractivity contribution is 6.28. The van der Waals surface area contributed by atoms with Crippen molar-refractivity contribution in [2.45, 2.75) is 42.3 Å². The molecule has 9 aromatic rings. The average molecular weight is 940 g/mol. The van der Waals surface area contributed by atoms with Crippen molar-refractivity contribution in [3.8, 4) is 0 Å². The van der Waals surface area contributed by atoms with Crippen LogP contribution in [0.15, 0.2) is 270 Å². The van der Waals surface area contributed by atoms with Crippen LogP contribution in [-0.4, -0.2) is 17.1 Å². The smallest absolute Gasteiger partial charge is 0.119 e. The minimum atomic E-state index is -1.07. The van der Waals surface area contributed by atoms with Gasteiger partial charge in [-0.15, -0.1) is 11.6 Å². The molecule has 0 radical (unpaired) electrons. The fourth-order valence-corrected chi connectivity index (χ4v) is 10.9. The summed E-state index contributed by atoms with van der Waals surface area (Å²) in [7, 11) is 0.